The van der Waals surface area contributed by atoms with Gasteiger partial charge in [0.2, 0.25) is 0 Å². The lowest BCUT2D eigenvalue weighted by atomic mass is 10.4. The van der Waals surface area contributed by atoms with Crippen LogP contribution in [0.5, 0.6) is 0 Å². The Balaban J connectivity index is 2.61. The van der Waals surface area contributed by atoms with Crippen LogP contribution in [-0.2, 0) is 11.2 Å². The molecule has 0 fully saturated rings. The van der Waals surface area contributed by atoms with Gasteiger partial charge >= 0.3 is 12.1 Å². The van der Waals surface area contributed by atoms with Crippen LogP contribution in [0.1, 0.15) is 29.7 Å². The summed E-state index contributed by atoms with van der Waals surface area (Å²) >= 11 is 0. The smallest absolute Gasteiger partial charge is 0.396 e. The van der Waals surface area contributed by atoms with E-state index in [1.54, 1.807) is 0 Å². The number of alkyl halides is 3. The van der Waals surface area contributed by atoms with Gasteiger partial charge in [-0.15, -0.1) is 0 Å². The number of H-pyrrole nitrogens is 1. The van der Waals surface area contributed by atoms with Gasteiger partial charge in [0.05, 0.1) is 12.8 Å². The van der Waals surface area contributed by atoms with Crippen LogP contribution in [0.4, 0.5) is 13.2 Å². The van der Waals surface area contributed by atoms with Crippen molar-refractivity contribution in [1.82, 2.24) is 9.97 Å². The molecular weight excluding hydrogens is 225 g/mol. The largest absolute Gasteiger partial charge is 0.461 e. The van der Waals surface area contributed by atoms with Crippen molar-refractivity contribution >= 4 is 5.97 Å². The van der Waals surface area contributed by atoms with Crippen LogP contribution in [0, 0.1) is 0 Å². The average Bonchev–Trinajstić information content (AvgIpc) is 2.59. The van der Waals surface area contributed by atoms with Gasteiger partial charge in [0.15, 0.2) is 0 Å². The molecule has 0 aromatic carbocycles. The van der Waals surface area contributed by atoms with E-state index in [1.807, 2.05) is 6.92 Å². The lowest BCUT2D eigenvalue weighted by Crippen LogP contribution is -2.13. The molecule has 0 aliphatic carbocycles. The molecule has 4 nitrogen and oxygen atoms in total. The molecule has 1 rings (SSSR count). The van der Waals surface area contributed by atoms with E-state index in [4.69, 9.17) is 4.74 Å². The second-order valence-corrected chi connectivity index (χ2v) is 3.17. The van der Waals surface area contributed by atoms with Crippen molar-refractivity contribution < 1.29 is 22.7 Å². The van der Waals surface area contributed by atoms with Crippen molar-refractivity contribution in [3.05, 3.63) is 17.7 Å². The third kappa shape index (κ3) is 3.92. The molecule has 1 heterocycles. The van der Waals surface area contributed by atoms with E-state index >= 15 is 0 Å². The standard InChI is InChI=1S/C9H11F3N2O2/c1-2-3-16-8(15)6-5-13-7(14-6)4-9(10,11)12/h5H,2-4H2,1H3,(H,13,14). The van der Waals surface area contributed by atoms with Gasteiger partial charge in [-0.05, 0) is 6.42 Å². The number of ether oxygens (including phenoxy) is 1. The van der Waals surface area contributed by atoms with E-state index in [1.165, 1.54) is 0 Å². The second kappa shape index (κ2) is 5.00. The molecule has 7 heteroatoms. The summed E-state index contributed by atoms with van der Waals surface area (Å²) in [6.07, 6.45) is -3.84. The second-order valence-electron chi connectivity index (χ2n) is 3.17. The van der Waals surface area contributed by atoms with Crippen molar-refractivity contribution in [1.29, 1.82) is 0 Å². The van der Waals surface area contributed by atoms with Crippen LogP contribution >= 0.6 is 0 Å². The zero-order valence-corrected chi connectivity index (χ0v) is 8.60. The zero-order valence-electron chi connectivity index (χ0n) is 8.60. The van der Waals surface area contributed by atoms with E-state index < -0.39 is 18.6 Å². The number of hydrogen-bond acceptors (Lipinski definition) is 3. The maximum Gasteiger partial charge on any atom is 0.396 e. The van der Waals surface area contributed by atoms with Crippen LogP contribution in [0.15, 0.2) is 6.20 Å². The first-order valence-corrected chi connectivity index (χ1v) is 4.70. The summed E-state index contributed by atoms with van der Waals surface area (Å²) in [6.45, 7) is 2.04. The summed E-state index contributed by atoms with van der Waals surface area (Å²) in [6, 6.07) is 0. The van der Waals surface area contributed by atoms with Gasteiger partial charge in [0, 0.05) is 0 Å². The highest BCUT2D eigenvalue weighted by molar-refractivity contribution is 5.86. The van der Waals surface area contributed by atoms with Crippen LogP contribution < -0.4 is 0 Å². The average molecular weight is 236 g/mol. The number of halogens is 3. The van der Waals surface area contributed by atoms with Gasteiger partial charge in [-0.1, -0.05) is 6.92 Å². The highest BCUT2D eigenvalue weighted by Gasteiger charge is 2.29. The van der Waals surface area contributed by atoms with Crippen molar-refractivity contribution in [2.75, 3.05) is 6.61 Å². The van der Waals surface area contributed by atoms with Crippen molar-refractivity contribution in [3.63, 3.8) is 0 Å². The fourth-order valence-electron chi connectivity index (χ4n) is 1.02. The normalized spacial score (nSPS) is 11.5. The topological polar surface area (TPSA) is 55.0 Å². The molecule has 90 valence electrons. The Hall–Kier alpha value is -1.53. The monoisotopic (exact) mass is 236 g/mol. The maximum absolute atomic E-state index is 12.0. The first-order chi connectivity index (χ1) is 7.42. The third-order valence-electron chi connectivity index (χ3n) is 1.65. The number of rotatable bonds is 4. The van der Waals surface area contributed by atoms with E-state index in [2.05, 4.69) is 9.97 Å². The molecule has 1 aromatic rings. The lowest BCUT2D eigenvalue weighted by molar-refractivity contribution is -0.128. The number of nitrogens with one attached hydrogen (secondary N) is 1. The van der Waals surface area contributed by atoms with Crippen LogP contribution in [0.2, 0.25) is 0 Å². The molecule has 16 heavy (non-hydrogen) atoms. The van der Waals surface area contributed by atoms with Gasteiger partial charge < -0.3 is 9.72 Å². The Kier molecular flexibility index (Phi) is 3.92. The summed E-state index contributed by atoms with van der Waals surface area (Å²) in [4.78, 5) is 16.9. The van der Waals surface area contributed by atoms with Gasteiger partial charge in [0.1, 0.15) is 17.9 Å². The summed E-state index contributed by atoms with van der Waals surface area (Å²) in [5, 5.41) is 0. The quantitative estimate of drug-likeness (QED) is 0.814. The summed E-state index contributed by atoms with van der Waals surface area (Å²) < 4.78 is 40.7. The first kappa shape index (κ1) is 12.5. The van der Waals surface area contributed by atoms with Crippen LogP contribution in [0.25, 0.3) is 0 Å². The summed E-state index contributed by atoms with van der Waals surface area (Å²) in [5.41, 5.74) is -0.0623. The SMILES string of the molecule is CCCOC(=O)c1cnc(CC(F)(F)F)[nH]1. The Labute approximate surface area is 89.8 Å². The number of imidazole rings is 1. The molecule has 1 N–H and O–H groups in total. The zero-order chi connectivity index (χ0) is 12.2. The minimum atomic E-state index is -4.34. The molecular formula is C9H11F3N2O2. The third-order valence-corrected chi connectivity index (χ3v) is 1.65. The molecule has 1 aromatic heterocycles. The Morgan fingerprint density at radius 2 is 2.25 bits per heavy atom. The van der Waals surface area contributed by atoms with Gasteiger partial charge in [-0.3, -0.25) is 0 Å². The van der Waals surface area contributed by atoms with Crippen molar-refractivity contribution in [2.24, 2.45) is 0 Å². The van der Waals surface area contributed by atoms with Gasteiger partial charge in [-0.2, -0.15) is 13.2 Å². The lowest BCUT2D eigenvalue weighted by Gasteiger charge is -2.02. The number of carbonyl (C=O) groups excluding carboxylic acids is 1. The molecule has 0 saturated heterocycles. The van der Waals surface area contributed by atoms with E-state index in [0.717, 1.165) is 6.20 Å². The number of aromatic amines is 1. The van der Waals surface area contributed by atoms with Gasteiger partial charge in [0.25, 0.3) is 0 Å². The fraction of sp³-hybridized carbons (Fsp3) is 0.556. The summed E-state index contributed by atoms with van der Waals surface area (Å²) in [5.74, 6) is -0.987. The molecule has 0 radical (unpaired) electrons. The molecule has 0 amide bonds. The minimum absolute atomic E-state index is 0.0623. The predicted molar refractivity (Wildman–Crippen MR) is 48.9 cm³/mol. The van der Waals surface area contributed by atoms with Gasteiger partial charge in [-0.25, -0.2) is 9.78 Å². The Bertz CT molecular complexity index is 360. The Morgan fingerprint density at radius 1 is 1.56 bits per heavy atom. The Morgan fingerprint density at radius 3 is 2.81 bits per heavy atom. The molecule has 0 bridgehead atoms. The highest BCUT2D eigenvalue weighted by atomic mass is 19.4. The van der Waals surface area contributed by atoms with Crippen molar-refractivity contribution in [3.8, 4) is 0 Å². The van der Waals surface area contributed by atoms with E-state index in [9.17, 15) is 18.0 Å². The van der Waals surface area contributed by atoms with Crippen LogP contribution in [-0.4, -0.2) is 28.7 Å². The molecule has 0 spiro atoms. The number of nitrogens with zero attached hydrogens (tertiary/aromatic N) is 1. The highest BCUT2D eigenvalue weighted by Crippen LogP contribution is 2.19. The van der Waals surface area contributed by atoms with E-state index in [0.29, 0.717) is 6.42 Å². The molecule has 0 aliphatic rings. The number of carbonyl (C=O) groups is 1. The van der Waals surface area contributed by atoms with Crippen LogP contribution in [0.3, 0.4) is 0 Å². The number of hydrogen-bond donors (Lipinski definition) is 1. The summed E-state index contributed by atoms with van der Waals surface area (Å²) in [7, 11) is 0. The molecule has 0 unspecified atom stereocenters. The molecule has 0 saturated carbocycles. The maximum atomic E-state index is 12.0. The van der Waals surface area contributed by atoms with Crippen molar-refractivity contribution in [2.45, 2.75) is 25.9 Å². The molecule has 0 atom stereocenters. The fourth-order valence-corrected chi connectivity index (χ4v) is 1.02. The molecule has 0 aliphatic heterocycles. The number of esters is 1. The first-order valence-electron chi connectivity index (χ1n) is 4.70. The van der Waals surface area contributed by atoms with E-state index in [-0.39, 0.29) is 18.1 Å². The predicted octanol–water partition coefficient (Wildman–Crippen LogP) is 2.08. The number of aromatic nitrogens is 2. The minimum Gasteiger partial charge on any atom is -0.461 e.